The van der Waals surface area contributed by atoms with Gasteiger partial charge in [0.25, 0.3) is 5.91 Å². The van der Waals surface area contributed by atoms with Gasteiger partial charge >= 0.3 is 0 Å². The van der Waals surface area contributed by atoms with Crippen LogP contribution in [0.4, 0.5) is 17.3 Å². The molecule has 3 aromatic rings. The Morgan fingerprint density at radius 1 is 1.16 bits per heavy atom. The summed E-state index contributed by atoms with van der Waals surface area (Å²) in [5.41, 5.74) is 7.13. The quantitative estimate of drug-likeness (QED) is 0.581. The largest absolute Gasteiger partial charge is 0.365 e. The highest BCUT2D eigenvalue weighted by Gasteiger charge is 2.18. The van der Waals surface area contributed by atoms with E-state index in [1.807, 2.05) is 0 Å². The van der Waals surface area contributed by atoms with Gasteiger partial charge < -0.3 is 11.1 Å². The van der Waals surface area contributed by atoms with Gasteiger partial charge in [-0.25, -0.2) is 4.99 Å². The van der Waals surface area contributed by atoms with Gasteiger partial charge in [0, 0.05) is 21.9 Å². The first-order valence-electron chi connectivity index (χ1n) is 7.23. The highest BCUT2D eigenvalue weighted by atomic mass is 35.5. The number of aromatic amines is 1. The zero-order valence-corrected chi connectivity index (χ0v) is 14.3. The van der Waals surface area contributed by atoms with Crippen molar-refractivity contribution in [2.24, 2.45) is 10.7 Å². The van der Waals surface area contributed by atoms with Crippen molar-refractivity contribution in [1.29, 1.82) is 0 Å². The SMILES string of the molecule is NC(=O)c1c(N=Cc2ccc(Cl)cc2)n[nH]c1Nc1cccc(Cl)c1. The fourth-order valence-corrected chi connectivity index (χ4v) is 2.46. The van der Waals surface area contributed by atoms with Gasteiger partial charge in [-0.15, -0.1) is 0 Å². The molecule has 4 N–H and O–H groups in total. The molecule has 0 aliphatic rings. The van der Waals surface area contributed by atoms with E-state index in [0.29, 0.717) is 21.6 Å². The van der Waals surface area contributed by atoms with Crippen LogP contribution < -0.4 is 11.1 Å². The number of halogens is 2. The third-order valence-electron chi connectivity index (χ3n) is 3.29. The molecule has 126 valence electrons. The summed E-state index contributed by atoms with van der Waals surface area (Å²) in [5, 5.41) is 11.0. The Bertz CT molecular complexity index is 934. The molecule has 0 unspecified atom stereocenters. The number of hydrogen-bond acceptors (Lipinski definition) is 4. The van der Waals surface area contributed by atoms with E-state index in [1.165, 1.54) is 0 Å². The maximum absolute atomic E-state index is 11.8. The summed E-state index contributed by atoms with van der Waals surface area (Å²) >= 11 is 11.8. The minimum absolute atomic E-state index is 0.158. The molecule has 8 heteroatoms. The molecular weight excluding hydrogens is 361 g/mol. The van der Waals surface area contributed by atoms with Crippen LogP contribution >= 0.6 is 23.2 Å². The molecule has 0 aliphatic heterocycles. The maximum atomic E-state index is 11.8. The molecule has 0 atom stereocenters. The lowest BCUT2D eigenvalue weighted by Gasteiger charge is -2.05. The first-order valence-corrected chi connectivity index (χ1v) is 7.99. The van der Waals surface area contributed by atoms with Crippen molar-refractivity contribution in [3.05, 3.63) is 69.7 Å². The van der Waals surface area contributed by atoms with E-state index in [-0.39, 0.29) is 11.4 Å². The van der Waals surface area contributed by atoms with E-state index in [2.05, 4.69) is 20.5 Å². The topological polar surface area (TPSA) is 96.2 Å². The Balaban J connectivity index is 1.89. The van der Waals surface area contributed by atoms with Crippen LogP contribution in [0.15, 0.2) is 53.5 Å². The predicted molar refractivity (Wildman–Crippen MR) is 101 cm³/mol. The molecule has 6 nitrogen and oxygen atoms in total. The molecule has 3 rings (SSSR count). The van der Waals surface area contributed by atoms with Crippen molar-refractivity contribution in [2.45, 2.75) is 0 Å². The highest BCUT2D eigenvalue weighted by Crippen LogP contribution is 2.27. The Kier molecular flexibility index (Phi) is 5.02. The molecule has 0 saturated carbocycles. The maximum Gasteiger partial charge on any atom is 0.256 e. The zero-order chi connectivity index (χ0) is 17.8. The zero-order valence-electron chi connectivity index (χ0n) is 12.8. The molecule has 0 radical (unpaired) electrons. The van der Waals surface area contributed by atoms with Crippen molar-refractivity contribution < 1.29 is 4.79 Å². The molecule has 0 saturated heterocycles. The number of carbonyl (C=O) groups is 1. The molecule has 0 bridgehead atoms. The minimum Gasteiger partial charge on any atom is -0.365 e. The summed E-state index contributed by atoms with van der Waals surface area (Å²) in [7, 11) is 0. The second-order valence-electron chi connectivity index (χ2n) is 5.11. The lowest BCUT2D eigenvalue weighted by molar-refractivity contribution is 0.100. The van der Waals surface area contributed by atoms with Crippen LogP contribution in [-0.2, 0) is 0 Å². The number of aliphatic imine (C=N–C) groups is 1. The molecule has 0 spiro atoms. The van der Waals surface area contributed by atoms with Crippen molar-refractivity contribution in [3.8, 4) is 0 Å². The fraction of sp³-hybridized carbons (Fsp3) is 0. The first kappa shape index (κ1) is 17.0. The number of carbonyl (C=O) groups excluding carboxylic acids is 1. The average molecular weight is 374 g/mol. The van der Waals surface area contributed by atoms with Crippen molar-refractivity contribution >= 4 is 52.6 Å². The van der Waals surface area contributed by atoms with Crippen LogP contribution in [0.5, 0.6) is 0 Å². The molecule has 1 amide bonds. The number of primary amides is 1. The number of benzene rings is 2. The van der Waals surface area contributed by atoms with E-state index in [1.54, 1.807) is 54.7 Å². The van der Waals surface area contributed by atoms with Crippen molar-refractivity contribution in [2.75, 3.05) is 5.32 Å². The van der Waals surface area contributed by atoms with Gasteiger partial charge in [0.1, 0.15) is 11.4 Å². The van der Waals surface area contributed by atoms with Crippen LogP contribution in [0.3, 0.4) is 0 Å². The molecule has 0 aliphatic carbocycles. The lowest BCUT2D eigenvalue weighted by Crippen LogP contribution is -2.12. The Hall–Kier alpha value is -2.83. The van der Waals surface area contributed by atoms with Crippen molar-refractivity contribution in [3.63, 3.8) is 0 Å². The monoisotopic (exact) mass is 373 g/mol. The standard InChI is InChI=1S/C17H13Cl2N5O/c18-11-6-4-10(5-7-11)9-21-16-14(15(20)25)17(24-23-16)22-13-3-1-2-12(19)8-13/h1-9H,(H2,20,25)(H2,22,23,24). The second kappa shape index (κ2) is 7.38. The Labute approximate surface area is 153 Å². The number of nitrogens with one attached hydrogen (secondary N) is 2. The van der Waals surface area contributed by atoms with E-state index in [4.69, 9.17) is 28.9 Å². The minimum atomic E-state index is -0.651. The second-order valence-corrected chi connectivity index (χ2v) is 5.98. The Morgan fingerprint density at radius 3 is 2.60 bits per heavy atom. The third-order valence-corrected chi connectivity index (χ3v) is 3.78. The van der Waals surface area contributed by atoms with Gasteiger partial charge in [0.15, 0.2) is 5.82 Å². The Morgan fingerprint density at radius 2 is 1.92 bits per heavy atom. The number of anilines is 2. The van der Waals surface area contributed by atoms with Crippen LogP contribution in [0, 0.1) is 0 Å². The van der Waals surface area contributed by atoms with Crippen LogP contribution in [-0.4, -0.2) is 22.3 Å². The first-order chi connectivity index (χ1) is 12.0. The van der Waals surface area contributed by atoms with Crippen LogP contribution in [0.25, 0.3) is 0 Å². The number of rotatable bonds is 5. The summed E-state index contributed by atoms with van der Waals surface area (Å²) in [6.07, 6.45) is 1.57. The number of hydrogen-bond donors (Lipinski definition) is 3. The van der Waals surface area contributed by atoms with Crippen LogP contribution in [0.1, 0.15) is 15.9 Å². The normalized spacial score (nSPS) is 11.0. The van der Waals surface area contributed by atoms with Crippen molar-refractivity contribution in [1.82, 2.24) is 10.2 Å². The van der Waals surface area contributed by atoms with E-state index in [9.17, 15) is 4.79 Å². The van der Waals surface area contributed by atoms with E-state index < -0.39 is 5.91 Å². The van der Waals surface area contributed by atoms with Gasteiger partial charge in [-0.1, -0.05) is 41.4 Å². The average Bonchev–Trinajstić information content (AvgIpc) is 2.97. The van der Waals surface area contributed by atoms with Gasteiger partial charge in [0.2, 0.25) is 0 Å². The number of H-pyrrole nitrogens is 1. The van der Waals surface area contributed by atoms with Gasteiger partial charge in [-0.2, -0.15) is 5.10 Å². The summed E-state index contributed by atoms with van der Waals surface area (Å²) in [5.74, 6) is -0.119. The number of nitrogens with two attached hydrogens (primary N) is 1. The van der Waals surface area contributed by atoms with Gasteiger partial charge in [0.05, 0.1) is 0 Å². The van der Waals surface area contributed by atoms with E-state index in [0.717, 1.165) is 5.56 Å². The van der Waals surface area contributed by atoms with Crippen LogP contribution in [0.2, 0.25) is 10.0 Å². The predicted octanol–water partition coefficient (Wildman–Crippen LogP) is 4.31. The molecule has 2 aromatic carbocycles. The smallest absolute Gasteiger partial charge is 0.256 e. The highest BCUT2D eigenvalue weighted by molar-refractivity contribution is 6.31. The van der Waals surface area contributed by atoms with Gasteiger partial charge in [-0.3, -0.25) is 9.89 Å². The molecule has 1 aromatic heterocycles. The molecule has 25 heavy (non-hydrogen) atoms. The fourth-order valence-electron chi connectivity index (χ4n) is 2.14. The third kappa shape index (κ3) is 4.17. The number of amides is 1. The summed E-state index contributed by atoms with van der Waals surface area (Å²) in [4.78, 5) is 16.1. The molecule has 0 fully saturated rings. The summed E-state index contributed by atoms with van der Waals surface area (Å²) in [6.45, 7) is 0. The lowest BCUT2D eigenvalue weighted by atomic mass is 10.2. The number of aromatic nitrogens is 2. The number of nitrogens with zero attached hydrogens (tertiary/aromatic N) is 2. The van der Waals surface area contributed by atoms with Gasteiger partial charge in [-0.05, 0) is 35.9 Å². The summed E-state index contributed by atoms with van der Waals surface area (Å²) in [6, 6.07) is 14.1. The van der Waals surface area contributed by atoms with E-state index >= 15 is 0 Å². The molecular formula is C17H13Cl2N5O. The summed E-state index contributed by atoms with van der Waals surface area (Å²) < 4.78 is 0. The molecule has 1 heterocycles.